The number of nitrogens with zero attached hydrogens (tertiary/aromatic N) is 2. The number of hydrogen-bond donors (Lipinski definition) is 2. The summed E-state index contributed by atoms with van der Waals surface area (Å²) >= 11 is 1.48. The van der Waals surface area contributed by atoms with Gasteiger partial charge in [-0.2, -0.15) is 0 Å². The number of amidine groups is 1. The topological polar surface area (TPSA) is 78.7 Å². The molecule has 0 amide bonds. The van der Waals surface area contributed by atoms with Gasteiger partial charge in [0.2, 0.25) is 0 Å². The standard InChI is InChI=1S/C19H15N3O3S/c20-18-17(19-21-12-3-1-2-4-16(12)26-19)13(23)10-22(18)11-5-6-14-15(9-11)25-8-7-24-14/h1-6,9,20,23H,7-8,10H2. The number of thiazole rings is 1. The van der Waals surface area contributed by atoms with E-state index in [-0.39, 0.29) is 18.1 Å². The fourth-order valence-electron chi connectivity index (χ4n) is 3.20. The second-order valence-electron chi connectivity index (χ2n) is 6.07. The van der Waals surface area contributed by atoms with Crippen molar-refractivity contribution in [2.24, 2.45) is 0 Å². The van der Waals surface area contributed by atoms with E-state index in [1.807, 2.05) is 42.5 Å². The third kappa shape index (κ3) is 2.32. The third-order valence-corrected chi connectivity index (χ3v) is 5.50. The van der Waals surface area contributed by atoms with Crippen LogP contribution in [-0.2, 0) is 0 Å². The van der Waals surface area contributed by atoms with E-state index >= 15 is 0 Å². The molecule has 1 aromatic heterocycles. The van der Waals surface area contributed by atoms with Crippen molar-refractivity contribution in [3.05, 3.63) is 53.2 Å². The van der Waals surface area contributed by atoms with Gasteiger partial charge in [-0.15, -0.1) is 11.3 Å². The van der Waals surface area contributed by atoms with Crippen LogP contribution in [0.25, 0.3) is 15.8 Å². The number of nitrogens with one attached hydrogen (secondary N) is 1. The molecular weight excluding hydrogens is 350 g/mol. The van der Waals surface area contributed by atoms with E-state index in [9.17, 15) is 5.11 Å². The molecule has 6 nitrogen and oxygen atoms in total. The number of fused-ring (bicyclic) bond motifs is 2. The smallest absolute Gasteiger partial charge is 0.163 e. The van der Waals surface area contributed by atoms with Gasteiger partial charge in [-0.05, 0) is 24.3 Å². The fraction of sp³-hybridized carbons (Fsp3) is 0.158. The van der Waals surface area contributed by atoms with Gasteiger partial charge < -0.3 is 19.5 Å². The monoisotopic (exact) mass is 365 g/mol. The molecule has 5 rings (SSSR count). The molecular formula is C19H15N3O3S. The summed E-state index contributed by atoms with van der Waals surface area (Å²) in [6.45, 7) is 1.29. The van der Waals surface area contributed by atoms with Crippen LogP contribution in [0.4, 0.5) is 5.69 Å². The SMILES string of the molecule is N=C1C(c2nc3ccccc3s2)=C(O)CN1c1ccc2c(c1)OCCO2. The second-order valence-corrected chi connectivity index (χ2v) is 7.10. The minimum Gasteiger partial charge on any atom is -0.510 e. The van der Waals surface area contributed by atoms with Crippen LogP contribution in [0.3, 0.4) is 0 Å². The van der Waals surface area contributed by atoms with Gasteiger partial charge in [-0.25, -0.2) is 4.98 Å². The van der Waals surface area contributed by atoms with Crippen LogP contribution in [0.1, 0.15) is 5.01 Å². The average molecular weight is 365 g/mol. The first-order valence-electron chi connectivity index (χ1n) is 8.25. The Balaban J connectivity index is 1.50. The molecule has 0 fully saturated rings. The molecule has 7 heteroatoms. The summed E-state index contributed by atoms with van der Waals surface area (Å²) in [5.74, 6) is 1.76. The van der Waals surface area contributed by atoms with Crippen molar-refractivity contribution >= 4 is 38.6 Å². The summed E-state index contributed by atoms with van der Waals surface area (Å²) in [5.41, 5.74) is 2.14. The van der Waals surface area contributed by atoms with E-state index in [2.05, 4.69) is 4.98 Å². The Kier molecular flexibility index (Phi) is 3.36. The molecule has 0 atom stereocenters. The van der Waals surface area contributed by atoms with Gasteiger partial charge in [0.05, 0.1) is 22.3 Å². The zero-order valence-electron chi connectivity index (χ0n) is 13.7. The molecule has 3 aromatic rings. The van der Waals surface area contributed by atoms with Crippen molar-refractivity contribution < 1.29 is 14.6 Å². The van der Waals surface area contributed by atoms with E-state index in [0.29, 0.717) is 35.3 Å². The Morgan fingerprint density at radius 2 is 1.88 bits per heavy atom. The highest BCUT2D eigenvalue weighted by atomic mass is 32.1. The van der Waals surface area contributed by atoms with E-state index < -0.39 is 0 Å². The molecule has 26 heavy (non-hydrogen) atoms. The summed E-state index contributed by atoms with van der Waals surface area (Å²) in [4.78, 5) is 6.33. The van der Waals surface area contributed by atoms with Crippen LogP contribution >= 0.6 is 11.3 Å². The Morgan fingerprint density at radius 3 is 2.73 bits per heavy atom. The van der Waals surface area contributed by atoms with Crippen LogP contribution in [0.2, 0.25) is 0 Å². The number of hydrogen-bond acceptors (Lipinski definition) is 6. The van der Waals surface area contributed by atoms with Crippen LogP contribution in [0.15, 0.2) is 48.2 Å². The highest BCUT2D eigenvalue weighted by Gasteiger charge is 2.32. The maximum atomic E-state index is 10.5. The molecule has 2 aliphatic heterocycles. The fourth-order valence-corrected chi connectivity index (χ4v) is 4.24. The lowest BCUT2D eigenvalue weighted by Gasteiger charge is -2.23. The van der Waals surface area contributed by atoms with Gasteiger partial charge >= 0.3 is 0 Å². The van der Waals surface area contributed by atoms with Crippen LogP contribution in [0.5, 0.6) is 11.5 Å². The molecule has 0 radical (unpaired) electrons. The number of benzene rings is 2. The number of aliphatic hydroxyl groups excluding tert-OH is 1. The normalized spacial score (nSPS) is 16.6. The Bertz CT molecular complexity index is 1040. The van der Waals surface area contributed by atoms with Gasteiger partial charge in [0.15, 0.2) is 11.5 Å². The number of aromatic nitrogens is 1. The van der Waals surface area contributed by atoms with Gasteiger partial charge in [0.25, 0.3) is 0 Å². The zero-order valence-corrected chi connectivity index (χ0v) is 14.5. The summed E-state index contributed by atoms with van der Waals surface area (Å²) in [6.07, 6.45) is 0. The highest BCUT2D eigenvalue weighted by molar-refractivity contribution is 7.19. The minimum absolute atomic E-state index is 0.156. The Morgan fingerprint density at radius 1 is 1.08 bits per heavy atom. The highest BCUT2D eigenvalue weighted by Crippen LogP contribution is 2.38. The van der Waals surface area contributed by atoms with Crippen molar-refractivity contribution in [1.29, 1.82) is 5.41 Å². The zero-order chi connectivity index (χ0) is 17.7. The number of ether oxygens (including phenoxy) is 2. The number of anilines is 1. The van der Waals surface area contributed by atoms with E-state index in [0.717, 1.165) is 15.9 Å². The predicted molar refractivity (Wildman–Crippen MR) is 102 cm³/mol. The summed E-state index contributed by atoms with van der Waals surface area (Å²) < 4.78 is 12.2. The predicted octanol–water partition coefficient (Wildman–Crippen LogP) is 3.83. The van der Waals surface area contributed by atoms with Gasteiger partial charge in [0.1, 0.15) is 29.8 Å². The lowest BCUT2D eigenvalue weighted by molar-refractivity contribution is 0.171. The Labute approximate surface area is 153 Å². The molecule has 0 unspecified atom stereocenters. The molecule has 0 saturated heterocycles. The summed E-state index contributed by atoms with van der Waals surface area (Å²) in [6, 6.07) is 13.4. The molecule has 0 saturated carbocycles. The lowest BCUT2D eigenvalue weighted by Crippen LogP contribution is -2.26. The van der Waals surface area contributed by atoms with Gasteiger partial charge in [0, 0.05) is 11.8 Å². The quantitative estimate of drug-likeness (QED) is 0.721. The van der Waals surface area contributed by atoms with Crippen molar-refractivity contribution in [2.75, 3.05) is 24.7 Å². The largest absolute Gasteiger partial charge is 0.510 e. The summed E-state index contributed by atoms with van der Waals surface area (Å²) in [7, 11) is 0. The minimum atomic E-state index is 0.156. The molecule has 3 heterocycles. The van der Waals surface area contributed by atoms with E-state index in [1.54, 1.807) is 4.90 Å². The summed E-state index contributed by atoms with van der Waals surface area (Å²) in [5, 5.41) is 19.8. The van der Waals surface area contributed by atoms with Crippen LogP contribution in [0, 0.1) is 5.41 Å². The third-order valence-electron chi connectivity index (χ3n) is 4.45. The Hall–Kier alpha value is -3.06. The van der Waals surface area contributed by atoms with Crippen molar-refractivity contribution in [1.82, 2.24) is 4.98 Å². The lowest BCUT2D eigenvalue weighted by atomic mass is 10.2. The molecule has 2 N–H and O–H groups in total. The number of para-hydroxylation sites is 1. The molecule has 0 aliphatic carbocycles. The van der Waals surface area contributed by atoms with E-state index in [4.69, 9.17) is 14.9 Å². The van der Waals surface area contributed by atoms with Crippen molar-refractivity contribution in [3.63, 3.8) is 0 Å². The average Bonchev–Trinajstić information content (AvgIpc) is 3.21. The van der Waals surface area contributed by atoms with E-state index in [1.165, 1.54) is 11.3 Å². The van der Waals surface area contributed by atoms with Crippen LogP contribution < -0.4 is 14.4 Å². The first-order valence-corrected chi connectivity index (χ1v) is 9.06. The first-order chi connectivity index (χ1) is 12.7. The van der Waals surface area contributed by atoms with Crippen LogP contribution in [-0.4, -0.2) is 35.7 Å². The second kappa shape index (κ2) is 5.74. The maximum absolute atomic E-state index is 10.5. The molecule has 0 spiro atoms. The van der Waals surface area contributed by atoms with Gasteiger partial charge in [-0.1, -0.05) is 12.1 Å². The van der Waals surface area contributed by atoms with Gasteiger partial charge in [-0.3, -0.25) is 5.41 Å². The van der Waals surface area contributed by atoms with Crippen molar-refractivity contribution in [2.45, 2.75) is 0 Å². The molecule has 130 valence electrons. The van der Waals surface area contributed by atoms with Crippen molar-refractivity contribution in [3.8, 4) is 11.5 Å². The molecule has 2 aliphatic rings. The molecule has 2 aromatic carbocycles. The molecule has 0 bridgehead atoms. The number of aliphatic hydroxyl groups is 1. The maximum Gasteiger partial charge on any atom is 0.163 e. The number of rotatable bonds is 2. The first kappa shape index (κ1) is 15.2.